The van der Waals surface area contributed by atoms with Crippen LogP contribution in [-0.4, -0.2) is 32.5 Å². The molecule has 0 bridgehead atoms. The van der Waals surface area contributed by atoms with Gasteiger partial charge in [-0.3, -0.25) is 9.78 Å². The highest BCUT2D eigenvalue weighted by molar-refractivity contribution is 5.94. The first-order chi connectivity index (χ1) is 15.6. The highest BCUT2D eigenvalue weighted by Crippen LogP contribution is 2.17. The van der Waals surface area contributed by atoms with Gasteiger partial charge in [0.05, 0.1) is 13.7 Å². The van der Waals surface area contributed by atoms with E-state index in [1.165, 1.54) is 18.2 Å². The SMILES string of the molecule is COc1cccc(Cn2ccnc2CN(Cc2cccnc2)C(=O)c2cccc(F)c2)c1. The standard InChI is InChI=1S/C25H23FN4O2/c1-32-23-9-2-5-19(13-23)16-29-12-11-28-24(29)18-30(17-20-6-4-10-27-15-20)25(31)21-7-3-8-22(26)14-21/h2-15H,16-18H2,1H3. The number of carbonyl (C=O) groups excluding carboxylic acids is 1. The van der Waals surface area contributed by atoms with Crippen molar-refractivity contribution in [3.05, 3.63) is 114 Å². The zero-order valence-corrected chi connectivity index (χ0v) is 17.7. The van der Waals surface area contributed by atoms with Gasteiger partial charge in [0.2, 0.25) is 0 Å². The van der Waals surface area contributed by atoms with Gasteiger partial charge in [-0.15, -0.1) is 0 Å². The van der Waals surface area contributed by atoms with Gasteiger partial charge in [0.1, 0.15) is 17.4 Å². The van der Waals surface area contributed by atoms with E-state index in [0.717, 1.165) is 22.7 Å². The molecule has 7 heteroatoms. The van der Waals surface area contributed by atoms with Gasteiger partial charge in [-0.25, -0.2) is 9.37 Å². The lowest BCUT2D eigenvalue weighted by Gasteiger charge is -2.23. The zero-order chi connectivity index (χ0) is 22.3. The van der Waals surface area contributed by atoms with E-state index in [9.17, 15) is 9.18 Å². The monoisotopic (exact) mass is 430 g/mol. The van der Waals surface area contributed by atoms with Crippen LogP contribution in [0.15, 0.2) is 85.5 Å². The van der Waals surface area contributed by atoms with Crippen LogP contribution in [0.4, 0.5) is 4.39 Å². The number of amides is 1. The van der Waals surface area contributed by atoms with Crippen molar-refractivity contribution in [2.24, 2.45) is 0 Å². The number of benzene rings is 2. The van der Waals surface area contributed by atoms with Gasteiger partial charge in [0.25, 0.3) is 5.91 Å². The minimum absolute atomic E-state index is 0.265. The first-order valence-corrected chi connectivity index (χ1v) is 10.2. The molecule has 0 aliphatic heterocycles. The summed E-state index contributed by atoms with van der Waals surface area (Å²) in [5, 5.41) is 0. The van der Waals surface area contributed by atoms with Crippen LogP contribution >= 0.6 is 0 Å². The summed E-state index contributed by atoms with van der Waals surface area (Å²) < 4.78 is 21.1. The lowest BCUT2D eigenvalue weighted by atomic mass is 10.1. The number of nitrogens with zero attached hydrogens (tertiary/aromatic N) is 4. The van der Waals surface area contributed by atoms with E-state index in [-0.39, 0.29) is 12.5 Å². The Hall–Kier alpha value is -4.00. The minimum atomic E-state index is -0.447. The molecule has 32 heavy (non-hydrogen) atoms. The lowest BCUT2D eigenvalue weighted by molar-refractivity contribution is 0.0723. The number of hydrogen-bond acceptors (Lipinski definition) is 4. The first-order valence-electron chi connectivity index (χ1n) is 10.2. The molecular formula is C25H23FN4O2. The molecule has 2 heterocycles. The van der Waals surface area contributed by atoms with Crippen LogP contribution in [0.2, 0.25) is 0 Å². The number of carbonyl (C=O) groups is 1. The van der Waals surface area contributed by atoms with Crippen LogP contribution in [0.25, 0.3) is 0 Å². The van der Waals surface area contributed by atoms with Crippen molar-refractivity contribution >= 4 is 5.91 Å². The Morgan fingerprint density at radius 2 is 1.88 bits per heavy atom. The van der Waals surface area contributed by atoms with Crippen molar-refractivity contribution in [3.8, 4) is 5.75 Å². The van der Waals surface area contributed by atoms with Crippen LogP contribution in [-0.2, 0) is 19.6 Å². The van der Waals surface area contributed by atoms with Gasteiger partial charge in [-0.2, -0.15) is 0 Å². The summed E-state index contributed by atoms with van der Waals surface area (Å²) in [6.07, 6.45) is 6.99. The average molecular weight is 430 g/mol. The molecule has 162 valence electrons. The van der Waals surface area contributed by atoms with Crippen molar-refractivity contribution in [2.45, 2.75) is 19.6 Å². The largest absolute Gasteiger partial charge is 0.497 e. The second-order valence-electron chi connectivity index (χ2n) is 7.36. The maximum Gasteiger partial charge on any atom is 0.254 e. The van der Waals surface area contributed by atoms with E-state index in [1.807, 2.05) is 47.2 Å². The molecule has 0 saturated carbocycles. The van der Waals surface area contributed by atoms with Crippen LogP contribution in [0.5, 0.6) is 5.75 Å². The molecule has 4 aromatic rings. The smallest absolute Gasteiger partial charge is 0.254 e. The third-order valence-electron chi connectivity index (χ3n) is 5.08. The van der Waals surface area contributed by atoms with Crippen molar-refractivity contribution in [3.63, 3.8) is 0 Å². The van der Waals surface area contributed by atoms with E-state index in [2.05, 4.69) is 9.97 Å². The Bertz CT molecular complexity index is 1190. The lowest BCUT2D eigenvalue weighted by Crippen LogP contribution is -2.31. The third kappa shape index (κ3) is 5.18. The molecule has 0 aliphatic rings. The molecule has 0 N–H and O–H groups in total. The summed E-state index contributed by atoms with van der Waals surface area (Å²) >= 11 is 0. The quantitative estimate of drug-likeness (QED) is 0.418. The molecule has 0 aliphatic carbocycles. The van der Waals surface area contributed by atoms with Crippen LogP contribution in [0, 0.1) is 5.82 Å². The molecule has 0 fully saturated rings. The number of pyridine rings is 1. The molecule has 0 atom stereocenters. The topological polar surface area (TPSA) is 60.2 Å². The van der Waals surface area contributed by atoms with Crippen molar-refractivity contribution in [1.82, 2.24) is 19.4 Å². The Balaban J connectivity index is 1.60. The second kappa shape index (κ2) is 9.87. The molecular weight excluding hydrogens is 407 g/mol. The Morgan fingerprint density at radius 1 is 1.03 bits per heavy atom. The second-order valence-corrected chi connectivity index (χ2v) is 7.36. The summed E-state index contributed by atoms with van der Waals surface area (Å²) in [6, 6.07) is 17.3. The van der Waals surface area contributed by atoms with E-state index >= 15 is 0 Å². The summed E-state index contributed by atoms with van der Waals surface area (Å²) in [6.45, 7) is 1.18. The number of methoxy groups -OCH3 is 1. The van der Waals surface area contributed by atoms with Gasteiger partial charge in [0.15, 0.2) is 0 Å². The third-order valence-corrected chi connectivity index (χ3v) is 5.08. The molecule has 6 nitrogen and oxygen atoms in total. The molecule has 0 radical (unpaired) electrons. The highest BCUT2D eigenvalue weighted by atomic mass is 19.1. The molecule has 0 unspecified atom stereocenters. The molecule has 2 aromatic carbocycles. The number of rotatable bonds is 8. The minimum Gasteiger partial charge on any atom is -0.497 e. The summed E-state index contributed by atoms with van der Waals surface area (Å²) in [5.74, 6) is 0.783. The first kappa shape index (κ1) is 21.2. The van der Waals surface area contributed by atoms with Crippen molar-refractivity contribution in [1.29, 1.82) is 0 Å². The fraction of sp³-hybridized carbons (Fsp3) is 0.160. The van der Waals surface area contributed by atoms with Crippen LogP contribution in [0.3, 0.4) is 0 Å². The predicted octanol–water partition coefficient (Wildman–Crippen LogP) is 4.32. The predicted molar refractivity (Wildman–Crippen MR) is 119 cm³/mol. The van der Waals surface area contributed by atoms with E-state index in [0.29, 0.717) is 18.7 Å². The van der Waals surface area contributed by atoms with Gasteiger partial charge in [-0.05, 0) is 47.5 Å². The molecule has 4 rings (SSSR count). The fourth-order valence-corrected chi connectivity index (χ4v) is 3.49. The van der Waals surface area contributed by atoms with Gasteiger partial charge >= 0.3 is 0 Å². The number of halogens is 1. The summed E-state index contributed by atoms with van der Waals surface area (Å²) in [5.41, 5.74) is 2.22. The van der Waals surface area contributed by atoms with Crippen molar-refractivity contribution < 1.29 is 13.9 Å². The van der Waals surface area contributed by atoms with E-state index < -0.39 is 5.82 Å². The normalized spacial score (nSPS) is 10.7. The van der Waals surface area contributed by atoms with Gasteiger partial charge in [-0.1, -0.05) is 24.3 Å². The van der Waals surface area contributed by atoms with Crippen LogP contribution < -0.4 is 4.74 Å². The Labute approximate surface area is 185 Å². The highest BCUT2D eigenvalue weighted by Gasteiger charge is 2.19. The summed E-state index contributed by atoms with van der Waals surface area (Å²) in [4.78, 5) is 23.5. The van der Waals surface area contributed by atoms with E-state index in [1.54, 1.807) is 36.7 Å². The number of hydrogen-bond donors (Lipinski definition) is 0. The molecule has 0 saturated heterocycles. The number of aromatic nitrogens is 3. The maximum absolute atomic E-state index is 13.8. The van der Waals surface area contributed by atoms with Gasteiger partial charge in [0, 0.05) is 43.4 Å². The average Bonchev–Trinajstić information content (AvgIpc) is 3.25. The maximum atomic E-state index is 13.8. The number of imidazole rings is 1. The van der Waals surface area contributed by atoms with Gasteiger partial charge < -0.3 is 14.2 Å². The number of ether oxygens (including phenoxy) is 1. The Morgan fingerprint density at radius 3 is 2.66 bits per heavy atom. The zero-order valence-electron chi connectivity index (χ0n) is 17.7. The summed E-state index contributed by atoms with van der Waals surface area (Å²) in [7, 11) is 1.64. The fourth-order valence-electron chi connectivity index (χ4n) is 3.49. The Kier molecular flexibility index (Phi) is 6.55. The molecule has 0 spiro atoms. The van der Waals surface area contributed by atoms with Crippen LogP contribution in [0.1, 0.15) is 27.3 Å². The van der Waals surface area contributed by atoms with E-state index in [4.69, 9.17) is 4.74 Å². The van der Waals surface area contributed by atoms with Crippen molar-refractivity contribution in [2.75, 3.05) is 7.11 Å². The molecule has 1 amide bonds. The molecule has 2 aromatic heterocycles.